The number of aromatic nitrogens is 2. The van der Waals surface area contributed by atoms with E-state index >= 15 is 0 Å². The summed E-state index contributed by atoms with van der Waals surface area (Å²) in [5.74, 6) is 1.37. The first kappa shape index (κ1) is 14.8. The number of nitrogens with one attached hydrogen (secondary N) is 1. The maximum Gasteiger partial charge on any atom is 0.165 e. The molecule has 1 aromatic carbocycles. The van der Waals surface area contributed by atoms with Gasteiger partial charge >= 0.3 is 0 Å². The Bertz CT molecular complexity index is 627. The van der Waals surface area contributed by atoms with Crippen molar-refractivity contribution in [3.8, 4) is 5.75 Å². The Kier molecular flexibility index (Phi) is 4.56. The fourth-order valence-electron chi connectivity index (χ4n) is 2.61. The van der Waals surface area contributed by atoms with E-state index in [9.17, 15) is 4.79 Å². The summed E-state index contributed by atoms with van der Waals surface area (Å²) in [5.41, 5.74) is 3.15. The number of carbonyl (C=O) groups is 1. The average molecular weight is 298 g/mol. The van der Waals surface area contributed by atoms with Crippen LogP contribution in [0.4, 0.5) is 0 Å². The van der Waals surface area contributed by atoms with Crippen molar-refractivity contribution in [2.45, 2.75) is 39.0 Å². The molecular formula is C18H22N2O2. The van der Waals surface area contributed by atoms with Gasteiger partial charge in [-0.2, -0.15) is 0 Å². The number of aryl methyl sites for hydroxylation is 2. The number of Topliss-reactive ketones (excluding diaryl/α,β-unsaturated/α-hetero) is 1. The van der Waals surface area contributed by atoms with Gasteiger partial charge in [0.2, 0.25) is 0 Å². The number of hydrogen-bond donors (Lipinski definition) is 1. The summed E-state index contributed by atoms with van der Waals surface area (Å²) in [6.07, 6.45) is 6.69. The Morgan fingerprint density at radius 3 is 2.77 bits per heavy atom. The largest absolute Gasteiger partial charge is 0.494 e. The van der Waals surface area contributed by atoms with Crippen LogP contribution in [0.3, 0.4) is 0 Å². The van der Waals surface area contributed by atoms with Crippen molar-refractivity contribution in [3.63, 3.8) is 0 Å². The van der Waals surface area contributed by atoms with Gasteiger partial charge < -0.3 is 9.72 Å². The van der Waals surface area contributed by atoms with Gasteiger partial charge in [0.15, 0.2) is 5.78 Å². The van der Waals surface area contributed by atoms with Crippen molar-refractivity contribution in [1.82, 2.24) is 9.97 Å². The Hall–Kier alpha value is -2.10. The lowest BCUT2D eigenvalue weighted by Gasteiger charge is -2.07. The van der Waals surface area contributed by atoms with E-state index < -0.39 is 0 Å². The molecule has 4 heteroatoms. The molecule has 0 amide bonds. The maximum atomic E-state index is 11.9. The van der Waals surface area contributed by atoms with Gasteiger partial charge in [-0.3, -0.25) is 4.79 Å². The number of ether oxygens (including phenoxy) is 1. The highest BCUT2D eigenvalue weighted by Crippen LogP contribution is 2.32. The van der Waals surface area contributed by atoms with E-state index in [0.29, 0.717) is 6.61 Å². The van der Waals surface area contributed by atoms with Crippen LogP contribution in [0.25, 0.3) is 0 Å². The van der Waals surface area contributed by atoms with Gasteiger partial charge in [0.05, 0.1) is 18.6 Å². The Balaban J connectivity index is 1.44. The first-order valence-corrected chi connectivity index (χ1v) is 8.06. The number of hydrogen-bond acceptors (Lipinski definition) is 3. The van der Waals surface area contributed by atoms with E-state index in [2.05, 4.69) is 16.9 Å². The van der Waals surface area contributed by atoms with Crippen molar-refractivity contribution in [1.29, 1.82) is 0 Å². The van der Waals surface area contributed by atoms with Crippen molar-refractivity contribution < 1.29 is 9.53 Å². The van der Waals surface area contributed by atoms with Crippen LogP contribution in [0.1, 0.15) is 47.9 Å². The minimum absolute atomic E-state index is 0.272. The lowest BCUT2D eigenvalue weighted by atomic mass is 10.1. The number of benzene rings is 1. The van der Waals surface area contributed by atoms with Crippen molar-refractivity contribution in [2.24, 2.45) is 5.92 Å². The maximum absolute atomic E-state index is 11.9. The van der Waals surface area contributed by atoms with Gasteiger partial charge in [-0.25, -0.2) is 4.98 Å². The molecule has 1 N–H and O–H groups in total. The topological polar surface area (TPSA) is 55.0 Å². The first-order valence-electron chi connectivity index (χ1n) is 8.06. The molecule has 1 aliphatic rings. The molecule has 0 aliphatic heterocycles. The van der Waals surface area contributed by atoms with Crippen molar-refractivity contribution in [3.05, 3.63) is 47.5 Å². The number of nitrogens with zero attached hydrogens (tertiary/aromatic N) is 1. The van der Waals surface area contributed by atoms with Gasteiger partial charge in [-0.1, -0.05) is 6.92 Å². The zero-order chi connectivity index (χ0) is 15.4. The van der Waals surface area contributed by atoms with Crippen LogP contribution in [-0.4, -0.2) is 22.4 Å². The second-order valence-corrected chi connectivity index (χ2v) is 5.80. The second kappa shape index (κ2) is 6.77. The molecule has 2 aromatic rings. The molecule has 0 saturated heterocycles. The second-order valence-electron chi connectivity index (χ2n) is 5.80. The Morgan fingerprint density at radius 1 is 1.32 bits per heavy atom. The van der Waals surface area contributed by atoms with Gasteiger partial charge in [-0.15, -0.1) is 0 Å². The van der Waals surface area contributed by atoms with Gasteiger partial charge in [-0.05, 0) is 56.4 Å². The smallest absolute Gasteiger partial charge is 0.165 e. The zero-order valence-corrected chi connectivity index (χ0v) is 13.0. The minimum atomic E-state index is 0.272. The summed E-state index contributed by atoms with van der Waals surface area (Å²) in [4.78, 5) is 19.4. The average Bonchev–Trinajstić information content (AvgIpc) is 3.30. The summed E-state index contributed by atoms with van der Waals surface area (Å²) >= 11 is 0. The first-order chi connectivity index (χ1) is 10.8. The fourth-order valence-corrected chi connectivity index (χ4v) is 2.61. The molecule has 1 aromatic heterocycles. The minimum Gasteiger partial charge on any atom is -0.494 e. The monoisotopic (exact) mass is 298 g/mol. The summed E-state index contributed by atoms with van der Waals surface area (Å²) in [6, 6.07) is 7.53. The van der Waals surface area contributed by atoms with Crippen LogP contribution >= 0.6 is 0 Å². The van der Waals surface area contributed by atoms with Crippen LogP contribution in [0.2, 0.25) is 0 Å². The zero-order valence-electron chi connectivity index (χ0n) is 13.0. The molecule has 0 unspecified atom stereocenters. The molecule has 0 atom stereocenters. The summed E-state index contributed by atoms with van der Waals surface area (Å²) in [7, 11) is 0. The van der Waals surface area contributed by atoms with E-state index in [1.165, 1.54) is 5.69 Å². The Morgan fingerprint density at radius 2 is 2.09 bits per heavy atom. The number of carbonyl (C=O) groups excluding carboxylic acids is 1. The van der Waals surface area contributed by atoms with E-state index in [1.54, 1.807) is 6.33 Å². The third kappa shape index (κ3) is 3.56. The molecule has 1 fully saturated rings. The predicted octanol–water partition coefficient (Wildman–Crippen LogP) is 3.58. The molecule has 3 rings (SSSR count). The third-order valence-electron chi connectivity index (χ3n) is 4.07. The highest BCUT2D eigenvalue weighted by molar-refractivity contribution is 5.99. The number of rotatable bonds is 8. The molecule has 0 spiro atoms. The van der Waals surface area contributed by atoms with E-state index in [1.807, 2.05) is 24.3 Å². The number of imidazole rings is 1. The number of aromatic amines is 1. The van der Waals surface area contributed by atoms with Gasteiger partial charge in [0.1, 0.15) is 5.75 Å². The molecule has 0 bridgehead atoms. The molecular weight excluding hydrogens is 276 g/mol. The van der Waals surface area contributed by atoms with Crippen LogP contribution in [0.15, 0.2) is 30.6 Å². The highest BCUT2D eigenvalue weighted by atomic mass is 16.5. The lowest BCUT2D eigenvalue weighted by Crippen LogP contribution is -2.03. The molecule has 116 valence electrons. The van der Waals surface area contributed by atoms with Gasteiger partial charge in [0.25, 0.3) is 0 Å². The predicted molar refractivity (Wildman–Crippen MR) is 85.3 cm³/mol. The standard InChI is InChI=1S/C18H22N2O2/c1-2-16-17(20-12-19-16)4-3-11-22-15-9-7-14(8-10-15)18(21)13-5-6-13/h7-10,12-13H,2-6,11H2,1H3,(H,19,20). The number of H-pyrrole nitrogens is 1. The van der Waals surface area contributed by atoms with E-state index in [0.717, 1.165) is 49.1 Å². The van der Waals surface area contributed by atoms with E-state index in [-0.39, 0.29) is 11.7 Å². The lowest BCUT2D eigenvalue weighted by molar-refractivity contribution is 0.0967. The number of ketones is 1. The Labute approximate surface area is 130 Å². The molecule has 0 radical (unpaired) electrons. The third-order valence-corrected chi connectivity index (χ3v) is 4.07. The fraction of sp³-hybridized carbons (Fsp3) is 0.444. The van der Waals surface area contributed by atoms with Crippen molar-refractivity contribution in [2.75, 3.05) is 6.61 Å². The quantitative estimate of drug-likeness (QED) is 0.598. The van der Waals surface area contributed by atoms with Crippen molar-refractivity contribution >= 4 is 5.78 Å². The molecule has 1 aliphatic carbocycles. The summed E-state index contributed by atoms with van der Waals surface area (Å²) in [6.45, 7) is 2.78. The molecule has 4 nitrogen and oxygen atoms in total. The molecule has 1 heterocycles. The molecule has 1 saturated carbocycles. The SMILES string of the molecule is CCc1nc[nH]c1CCCOc1ccc(C(=O)C2CC2)cc1. The highest BCUT2D eigenvalue weighted by Gasteiger charge is 2.30. The summed E-state index contributed by atoms with van der Waals surface area (Å²) in [5, 5.41) is 0. The van der Waals surface area contributed by atoms with Crippen LogP contribution in [0, 0.1) is 5.92 Å². The van der Waals surface area contributed by atoms with E-state index in [4.69, 9.17) is 4.74 Å². The van der Waals surface area contributed by atoms with Crippen LogP contribution in [0.5, 0.6) is 5.75 Å². The summed E-state index contributed by atoms with van der Waals surface area (Å²) < 4.78 is 5.74. The normalized spacial score (nSPS) is 14.0. The van der Waals surface area contributed by atoms with Crippen LogP contribution in [-0.2, 0) is 12.8 Å². The van der Waals surface area contributed by atoms with Crippen LogP contribution < -0.4 is 4.74 Å². The molecule has 22 heavy (non-hydrogen) atoms. The van der Waals surface area contributed by atoms with Gasteiger partial charge in [0, 0.05) is 17.2 Å².